The van der Waals surface area contributed by atoms with Gasteiger partial charge in [0.15, 0.2) is 6.23 Å². The van der Waals surface area contributed by atoms with Crippen LogP contribution < -0.4 is 10.1 Å². The maximum atomic E-state index is 7.01. The highest BCUT2D eigenvalue weighted by Crippen LogP contribution is 2.50. The molecule has 154 valence electrons. The molecule has 3 nitrogen and oxygen atoms in total. The lowest BCUT2D eigenvalue weighted by Gasteiger charge is -2.44. The Labute approximate surface area is 183 Å². The van der Waals surface area contributed by atoms with Gasteiger partial charge >= 0.3 is 0 Å². The van der Waals surface area contributed by atoms with Crippen LogP contribution in [0.3, 0.4) is 0 Å². The van der Waals surface area contributed by atoms with Gasteiger partial charge < -0.3 is 14.8 Å². The number of hydrogen-bond donors (Lipinski definition) is 1. The first-order valence-electron chi connectivity index (χ1n) is 10.7. The second-order valence-electron chi connectivity index (χ2n) is 7.60. The lowest BCUT2D eigenvalue weighted by atomic mass is 9.78. The largest absolute Gasteiger partial charge is 0.494 e. The molecular weight excluding hydrogens is 382 g/mol. The molecule has 1 N–H and O–H groups in total. The van der Waals surface area contributed by atoms with Gasteiger partial charge in [-0.3, -0.25) is 0 Å². The van der Waals surface area contributed by atoms with Crippen LogP contribution in [0.1, 0.15) is 35.4 Å². The summed E-state index contributed by atoms with van der Waals surface area (Å²) in [5.74, 6) is 0.861. The zero-order chi connectivity index (χ0) is 21.1. The number of benzene rings is 4. The van der Waals surface area contributed by atoms with Crippen molar-refractivity contribution in [2.24, 2.45) is 0 Å². The van der Waals surface area contributed by atoms with Crippen molar-refractivity contribution in [1.29, 1.82) is 0 Å². The van der Waals surface area contributed by atoms with Crippen molar-refractivity contribution in [2.75, 3.05) is 11.9 Å². The topological polar surface area (TPSA) is 30.5 Å². The van der Waals surface area contributed by atoms with Gasteiger partial charge in [-0.15, -0.1) is 0 Å². The second-order valence-corrected chi connectivity index (χ2v) is 7.60. The average Bonchev–Trinajstić information content (AvgIpc) is 2.85. The van der Waals surface area contributed by atoms with Crippen LogP contribution in [0.4, 0.5) is 5.69 Å². The van der Waals surface area contributed by atoms with Crippen molar-refractivity contribution < 1.29 is 9.47 Å². The van der Waals surface area contributed by atoms with Gasteiger partial charge in [0.2, 0.25) is 0 Å². The quantitative estimate of drug-likeness (QED) is 0.409. The molecular formula is C28H25NO2. The van der Waals surface area contributed by atoms with Crippen LogP contribution in [0.5, 0.6) is 5.75 Å². The van der Waals surface area contributed by atoms with E-state index in [0.29, 0.717) is 6.61 Å². The zero-order valence-corrected chi connectivity index (χ0v) is 17.5. The smallest absolute Gasteiger partial charge is 0.156 e. The van der Waals surface area contributed by atoms with E-state index in [-0.39, 0.29) is 6.23 Å². The fourth-order valence-corrected chi connectivity index (χ4v) is 4.34. The Morgan fingerprint density at radius 2 is 1.32 bits per heavy atom. The fourth-order valence-electron chi connectivity index (χ4n) is 4.34. The van der Waals surface area contributed by atoms with Crippen LogP contribution >= 0.6 is 0 Å². The van der Waals surface area contributed by atoms with Gasteiger partial charge in [-0.25, -0.2) is 0 Å². The number of rotatable bonds is 5. The minimum Gasteiger partial charge on any atom is -0.494 e. The van der Waals surface area contributed by atoms with E-state index in [1.54, 1.807) is 0 Å². The third kappa shape index (κ3) is 3.47. The van der Waals surface area contributed by atoms with Gasteiger partial charge in [-0.05, 0) is 36.2 Å². The van der Waals surface area contributed by atoms with E-state index in [4.69, 9.17) is 9.47 Å². The second kappa shape index (κ2) is 8.29. The summed E-state index contributed by atoms with van der Waals surface area (Å²) >= 11 is 0. The Morgan fingerprint density at radius 1 is 0.742 bits per heavy atom. The number of nitrogens with one attached hydrogen (secondary N) is 1. The molecule has 1 heterocycles. The van der Waals surface area contributed by atoms with E-state index < -0.39 is 5.60 Å². The molecule has 0 radical (unpaired) electrons. The third-order valence-corrected chi connectivity index (χ3v) is 5.74. The summed E-state index contributed by atoms with van der Waals surface area (Å²) in [6.45, 7) is 2.64. The SMILES string of the molecule is CCOc1ccc([C@H]2Nc3ccccc3C(c3ccccc3)(c3ccccc3)O2)cc1. The van der Waals surface area contributed by atoms with Crippen molar-refractivity contribution in [1.82, 2.24) is 0 Å². The first-order chi connectivity index (χ1) is 15.3. The van der Waals surface area contributed by atoms with Gasteiger partial charge in [0.25, 0.3) is 0 Å². The van der Waals surface area contributed by atoms with Crippen LogP contribution in [-0.2, 0) is 10.3 Å². The lowest BCUT2D eigenvalue weighted by molar-refractivity contribution is -0.0432. The van der Waals surface area contributed by atoms with E-state index in [1.165, 1.54) is 0 Å². The molecule has 3 heteroatoms. The van der Waals surface area contributed by atoms with Crippen molar-refractivity contribution in [3.8, 4) is 5.75 Å². The summed E-state index contributed by atoms with van der Waals surface area (Å²) in [5.41, 5.74) is 4.70. The normalized spacial score (nSPS) is 16.7. The lowest BCUT2D eigenvalue weighted by Crippen LogP contribution is -2.40. The summed E-state index contributed by atoms with van der Waals surface area (Å²) in [7, 11) is 0. The standard InChI is InChI=1S/C28H25NO2/c1-2-30-24-19-17-21(18-20-24)27-29-26-16-10-9-15-25(26)28(31-27,22-11-5-3-6-12-22)23-13-7-4-8-14-23/h3-20,27,29H,2H2,1H3/t27-/m0/s1. The van der Waals surface area contributed by atoms with Gasteiger partial charge in [-0.2, -0.15) is 0 Å². The molecule has 0 aliphatic carbocycles. The Bertz CT molecular complexity index is 1100. The van der Waals surface area contributed by atoms with Crippen molar-refractivity contribution in [3.63, 3.8) is 0 Å². The van der Waals surface area contributed by atoms with Crippen LogP contribution in [0.25, 0.3) is 0 Å². The predicted octanol–water partition coefficient (Wildman–Crippen LogP) is 6.52. The van der Waals surface area contributed by atoms with Gasteiger partial charge in [0, 0.05) is 16.8 Å². The molecule has 31 heavy (non-hydrogen) atoms. The van der Waals surface area contributed by atoms with E-state index in [2.05, 4.69) is 90.2 Å². The first kappa shape index (κ1) is 19.4. The Morgan fingerprint density at radius 3 is 1.94 bits per heavy atom. The molecule has 5 rings (SSSR count). The molecule has 0 bridgehead atoms. The first-order valence-corrected chi connectivity index (χ1v) is 10.7. The summed E-state index contributed by atoms with van der Waals surface area (Å²) in [6, 6.07) is 37.5. The Hall–Kier alpha value is -3.56. The zero-order valence-electron chi connectivity index (χ0n) is 17.5. The summed E-state index contributed by atoms with van der Waals surface area (Å²) in [5, 5.41) is 3.60. The Kier molecular flexibility index (Phi) is 5.19. The molecule has 0 saturated carbocycles. The molecule has 1 aliphatic rings. The Balaban J connectivity index is 1.69. The van der Waals surface area contributed by atoms with Crippen LogP contribution in [-0.4, -0.2) is 6.61 Å². The van der Waals surface area contributed by atoms with Gasteiger partial charge in [-0.1, -0.05) is 91.0 Å². The molecule has 0 amide bonds. The molecule has 0 aromatic heterocycles. The number of anilines is 1. The molecule has 4 aromatic rings. The van der Waals surface area contributed by atoms with Crippen molar-refractivity contribution in [3.05, 3.63) is 131 Å². The monoisotopic (exact) mass is 407 g/mol. The highest BCUT2D eigenvalue weighted by atomic mass is 16.5. The predicted molar refractivity (Wildman–Crippen MR) is 124 cm³/mol. The summed E-state index contributed by atoms with van der Waals surface area (Å²) < 4.78 is 12.6. The minimum atomic E-state index is -0.729. The maximum Gasteiger partial charge on any atom is 0.156 e. The van der Waals surface area contributed by atoms with Crippen molar-refractivity contribution >= 4 is 5.69 Å². The van der Waals surface area contributed by atoms with E-state index in [0.717, 1.165) is 33.7 Å². The van der Waals surface area contributed by atoms with Crippen LogP contribution in [0.2, 0.25) is 0 Å². The average molecular weight is 408 g/mol. The highest BCUT2D eigenvalue weighted by Gasteiger charge is 2.44. The van der Waals surface area contributed by atoms with E-state index >= 15 is 0 Å². The number of ether oxygens (including phenoxy) is 2. The van der Waals surface area contributed by atoms with Crippen molar-refractivity contribution in [2.45, 2.75) is 18.8 Å². The van der Waals surface area contributed by atoms with E-state index in [9.17, 15) is 0 Å². The van der Waals surface area contributed by atoms with Gasteiger partial charge in [0.1, 0.15) is 11.4 Å². The fraction of sp³-hybridized carbons (Fsp3) is 0.143. The maximum absolute atomic E-state index is 7.01. The minimum absolute atomic E-state index is 0.314. The summed E-state index contributed by atoms with van der Waals surface area (Å²) in [4.78, 5) is 0. The molecule has 0 saturated heterocycles. The third-order valence-electron chi connectivity index (χ3n) is 5.74. The van der Waals surface area contributed by atoms with Crippen LogP contribution in [0, 0.1) is 0 Å². The highest BCUT2D eigenvalue weighted by molar-refractivity contribution is 5.63. The number of fused-ring (bicyclic) bond motifs is 1. The molecule has 1 aliphatic heterocycles. The molecule has 1 atom stereocenters. The number of hydrogen-bond acceptors (Lipinski definition) is 3. The van der Waals surface area contributed by atoms with Crippen LogP contribution in [0.15, 0.2) is 109 Å². The molecule has 0 spiro atoms. The van der Waals surface area contributed by atoms with E-state index in [1.807, 2.05) is 31.2 Å². The molecule has 4 aromatic carbocycles. The van der Waals surface area contributed by atoms with Gasteiger partial charge in [0.05, 0.1) is 6.61 Å². The summed E-state index contributed by atoms with van der Waals surface area (Å²) in [6.07, 6.45) is -0.314. The molecule has 0 unspecified atom stereocenters. The number of para-hydroxylation sites is 1. The molecule has 0 fully saturated rings.